The zero-order valence-electron chi connectivity index (χ0n) is 15.3. The van der Waals surface area contributed by atoms with E-state index in [1.807, 2.05) is 0 Å². The number of rotatable bonds is 5. The second-order valence-corrected chi connectivity index (χ2v) is 10.5. The molecule has 1 heterocycles. The maximum atomic E-state index is 13.5. The van der Waals surface area contributed by atoms with E-state index in [-0.39, 0.29) is 0 Å². The number of alkyl halides is 3. The van der Waals surface area contributed by atoms with Crippen molar-refractivity contribution >= 4 is 62.1 Å². The molecule has 0 fully saturated rings. The van der Waals surface area contributed by atoms with Crippen molar-refractivity contribution < 1.29 is 18.1 Å². The van der Waals surface area contributed by atoms with E-state index >= 15 is 0 Å². The largest absolute Gasteiger partial charge is 0.298 e. The van der Waals surface area contributed by atoms with Crippen molar-refractivity contribution in [2.45, 2.75) is 27.7 Å². The third kappa shape index (κ3) is 4.02. The summed E-state index contributed by atoms with van der Waals surface area (Å²) in [5.74, 6) is -1.08. The molecule has 158 valence electrons. The molecule has 8 nitrogen and oxygen atoms in total. The predicted octanol–water partition coefficient (Wildman–Crippen LogP) is 4.07. The number of benzene rings is 2. The number of hydrogen-bond acceptors (Lipinski definition) is 6. The number of Topliss-reactive ketones (excluding diaryl/α,β-unsaturated/α-hetero) is 1. The molecule has 0 amide bonds. The molecule has 1 aliphatic heterocycles. The predicted molar refractivity (Wildman–Crippen MR) is 113 cm³/mol. The Kier molecular flexibility index (Phi) is 6.10. The highest BCUT2D eigenvalue weighted by atomic mass is 35.6. The summed E-state index contributed by atoms with van der Waals surface area (Å²) >= 11 is 18.0. The molecule has 0 saturated heterocycles. The van der Waals surface area contributed by atoms with Crippen LogP contribution in [0, 0.1) is 10.1 Å². The van der Waals surface area contributed by atoms with Gasteiger partial charge < -0.3 is 0 Å². The van der Waals surface area contributed by atoms with Crippen molar-refractivity contribution in [1.29, 1.82) is 0 Å². The Morgan fingerprint density at radius 2 is 1.67 bits per heavy atom. The van der Waals surface area contributed by atoms with Crippen LogP contribution in [0.5, 0.6) is 0 Å². The summed E-state index contributed by atoms with van der Waals surface area (Å²) in [7, 11) is -4.70. The third-order valence-corrected chi connectivity index (χ3v) is 6.76. The quantitative estimate of drug-likeness (QED) is 0.356. The number of para-hydroxylation sites is 1. The molecule has 0 spiro atoms. The van der Waals surface area contributed by atoms with Crippen LogP contribution in [0.15, 0.2) is 64.5 Å². The van der Waals surface area contributed by atoms with Crippen LogP contribution in [0.3, 0.4) is 0 Å². The summed E-state index contributed by atoms with van der Waals surface area (Å²) < 4.78 is 25.3. The fourth-order valence-corrected chi connectivity index (χ4v) is 5.62. The summed E-state index contributed by atoms with van der Waals surface area (Å²) in [6, 6.07) is 10.8. The number of carbonyl (C=O) groups is 1. The van der Waals surface area contributed by atoms with Crippen LogP contribution in [-0.2, 0) is 14.8 Å². The minimum Gasteiger partial charge on any atom is -0.298 e. The van der Waals surface area contributed by atoms with E-state index in [0.717, 1.165) is 12.1 Å². The summed E-state index contributed by atoms with van der Waals surface area (Å²) in [6.07, 6.45) is 0. The zero-order chi connectivity index (χ0) is 22.3. The van der Waals surface area contributed by atoms with Gasteiger partial charge in [0.1, 0.15) is 12.1 Å². The number of nitro groups is 1. The number of nitro benzene ring substituents is 1. The van der Waals surface area contributed by atoms with Crippen molar-refractivity contribution in [2.24, 2.45) is 4.99 Å². The van der Waals surface area contributed by atoms with Gasteiger partial charge in [0, 0.05) is 6.07 Å². The van der Waals surface area contributed by atoms with Crippen molar-refractivity contribution in [3.8, 4) is 0 Å². The van der Waals surface area contributed by atoms with Crippen molar-refractivity contribution in [3.63, 3.8) is 0 Å². The van der Waals surface area contributed by atoms with Crippen LogP contribution in [0.4, 0.5) is 5.69 Å². The van der Waals surface area contributed by atoms with E-state index in [1.54, 1.807) is 30.3 Å². The van der Waals surface area contributed by atoms with Gasteiger partial charge in [0.05, 0.1) is 4.92 Å². The summed E-state index contributed by atoms with van der Waals surface area (Å²) in [5.41, 5.74) is -0.156. The Labute approximate surface area is 187 Å². The Balaban J connectivity index is 2.26. The first-order valence-electron chi connectivity index (χ1n) is 8.44. The third-order valence-electron chi connectivity index (χ3n) is 4.43. The van der Waals surface area contributed by atoms with Gasteiger partial charge in [-0.15, -0.1) is 0 Å². The lowest BCUT2D eigenvalue weighted by Crippen LogP contribution is -2.49. The van der Waals surface area contributed by atoms with Gasteiger partial charge in [0.25, 0.3) is 15.7 Å². The SMILES string of the molecule is CC(=O)[C@H]1[C@H](c2ccccc2)N=C(C(Cl)(Cl)Cl)N1S(=O)(=O)c1ccccc1[N+](=O)[O-]. The smallest absolute Gasteiger partial charge is 0.289 e. The van der Waals surface area contributed by atoms with Crippen LogP contribution in [0.2, 0.25) is 0 Å². The Hall–Kier alpha value is -2.20. The average molecular weight is 491 g/mol. The summed E-state index contributed by atoms with van der Waals surface area (Å²) in [4.78, 5) is 26.8. The van der Waals surface area contributed by atoms with Crippen LogP contribution in [0.1, 0.15) is 18.5 Å². The molecule has 0 bridgehead atoms. The molecule has 0 aromatic heterocycles. The Bertz CT molecular complexity index is 1130. The van der Waals surface area contributed by atoms with Gasteiger partial charge in [-0.05, 0) is 18.6 Å². The molecule has 2 aromatic carbocycles. The molecular weight excluding hydrogens is 477 g/mol. The number of ketones is 1. The number of sulfonamides is 1. The lowest BCUT2D eigenvalue weighted by Gasteiger charge is -2.29. The second-order valence-electron chi connectivity index (χ2n) is 6.39. The molecule has 0 saturated carbocycles. The first kappa shape index (κ1) is 22.5. The standard InChI is InChI=1S/C18H14Cl3N3O5S/c1-11(25)16-15(12-7-3-2-4-8-12)22-17(18(19,20)21)23(16)30(28,29)14-10-6-5-9-13(14)24(26)27/h2-10,15-16H,1H3/t15-,16-/m0/s1. The fraction of sp³-hybridized carbons (Fsp3) is 0.222. The number of nitrogens with zero attached hydrogens (tertiary/aromatic N) is 3. The molecule has 0 N–H and O–H groups in total. The lowest BCUT2D eigenvalue weighted by molar-refractivity contribution is -0.387. The van der Waals surface area contributed by atoms with Crippen molar-refractivity contribution in [2.75, 3.05) is 0 Å². The lowest BCUT2D eigenvalue weighted by atomic mass is 9.98. The monoisotopic (exact) mass is 489 g/mol. The highest BCUT2D eigenvalue weighted by Gasteiger charge is 2.53. The summed E-state index contributed by atoms with van der Waals surface area (Å²) in [5, 5.41) is 11.4. The van der Waals surface area contributed by atoms with E-state index in [9.17, 15) is 23.3 Å². The number of carbonyl (C=O) groups excluding carboxylic acids is 1. The Morgan fingerprint density at radius 1 is 1.10 bits per heavy atom. The maximum absolute atomic E-state index is 13.5. The molecular formula is C18H14Cl3N3O5S. The van der Waals surface area contributed by atoms with Crippen LogP contribution in [-0.4, -0.2) is 39.1 Å². The molecule has 1 aliphatic rings. The molecule has 30 heavy (non-hydrogen) atoms. The molecule has 0 aliphatic carbocycles. The number of halogens is 3. The van der Waals surface area contributed by atoms with Crippen molar-refractivity contribution in [3.05, 3.63) is 70.3 Å². The van der Waals surface area contributed by atoms with Gasteiger partial charge in [-0.2, -0.15) is 0 Å². The van der Waals surface area contributed by atoms with Gasteiger partial charge in [-0.3, -0.25) is 19.9 Å². The zero-order valence-corrected chi connectivity index (χ0v) is 18.4. The van der Waals surface area contributed by atoms with Gasteiger partial charge in [0.2, 0.25) is 3.79 Å². The average Bonchev–Trinajstić information content (AvgIpc) is 3.11. The first-order valence-corrected chi connectivity index (χ1v) is 11.0. The van der Waals surface area contributed by atoms with Crippen LogP contribution < -0.4 is 0 Å². The highest BCUT2D eigenvalue weighted by molar-refractivity contribution is 7.90. The maximum Gasteiger partial charge on any atom is 0.289 e. The van der Waals surface area contributed by atoms with E-state index in [2.05, 4.69) is 4.99 Å². The van der Waals surface area contributed by atoms with Crippen LogP contribution in [0.25, 0.3) is 0 Å². The summed E-state index contributed by atoms with van der Waals surface area (Å²) in [6.45, 7) is 1.18. The van der Waals surface area contributed by atoms with E-state index in [4.69, 9.17) is 34.8 Å². The molecule has 2 aromatic rings. The van der Waals surface area contributed by atoms with Gasteiger partial charge >= 0.3 is 0 Å². The minimum atomic E-state index is -4.70. The van der Waals surface area contributed by atoms with Crippen molar-refractivity contribution in [1.82, 2.24) is 4.31 Å². The normalized spacial score (nSPS) is 19.5. The fourth-order valence-electron chi connectivity index (χ4n) is 3.21. The molecule has 0 radical (unpaired) electrons. The van der Waals surface area contributed by atoms with Crippen LogP contribution >= 0.6 is 34.8 Å². The van der Waals surface area contributed by atoms with Gasteiger partial charge in [-0.25, -0.2) is 12.7 Å². The molecule has 12 heteroatoms. The number of aliphatic imine (C=N–C) groups is 1. The van der Waals surface area contributed by atoms with E-state index < -0.39 is 53.0 Å². The first-order chi connectivity index (χ1) is 14.0. The second kappa shape index (κ2) is 8.14. The molecule has 2 atom stereocenters. The van der Waals surface area contributed by atoms with Gasteiger partial charge in [-0.1, -0.05) is 77.3 Å². The Morgan fingerprint density at radius 3 is 2.20 bits per heavy atom. The molecule has 0 unspecified atom stereocenters. The molecule has 3 rings (SSSR count). The van der Waals surface area contributed by atoms with Gasteiger partial charge in [0.15, 0.2) is 16.5 Å². The minimum absolute atomic E-state index is 0.514. The number of amidine groups is 1. The number of hydrogen-bond donors (Lipinski definition) is 0. The highest BCUT2D eigenvalue weighted by Crippen LogP contribution is 2.43. The van der Waals surface area contributed by atoms with E-state index in [1.165, 1.54) is 19.1 Å². The van der Waals surface area contributed by atoms with E-state index in [0.29, 0.717) is 9.87 Å². The topological polar surface area (TPSA) is 110 Å².